The number of ether oxygens (including phenoxy) is 1. The van der Waals surface area contributed by atoms with Crippen LogP contribution in [0.1, 0.15) is 33.9 Å². The number of likely N-dealkylation sites (tertiary alicyclic amines) is 1. The van der Waals surface area contributed by atoms with Gasteiger partial charge in [0.15, 0.2) is 12.4 Å². The monoisotopic (exact) mass is 568 g/mol. The molecule has 5 rings (SSSR count). The van der Waals surface area contributed by atoms with Crippen LogP contribution in [-0.2, 0) is 22.7 Å². The number of hydrogen-bond donors (Lipinski definition) is 0. The highest BCUT2D eigenvalue weighted by atomic mass is 79.9. The zero-order chi connectivity index (χ0) is 26.6. The number of rotatable bonds is 7. The molecule has 1 aliphatic rings. The van der Waals surface area contributed by atoms with Gasteiger partial charge in [0, 0.05) is 21.7 Å². The molecular formula is C31H25BrN2O4. The van der Waals surface area contributed by atoms with E-state index in [-0.39, 0.29) is 12.1 Å². The number of Topliss-reactive ketones (excluding diaryl/α,β-unsaturated/α-hetero) is 1. The van der Waals surface area contributed by atoms with Crippen LogP contribution in [0.25, 0.3) is 5.76 Å². The molecule has 0 spiro atoms. The van der Waals surface area contributed by atoms with Crippen molar-refractivity contribution in [3.05, 3.63) is 135 Å². The number of aromatic nitrogens is 1. The molecule has 0 saturated carbocycles. The first-order valence-electron chi connectivity index (χ1n) is 12.2. The fourth-order valence-corrected chi connectivity index (χ4v) is 4.88. The second-order valence-electron chi connectivity index (χ2n) is 9.12. The van der Waals surface area contributed by atoms with Crippen LogP contribution in [0.3, 0.4) is 0 Å². The van der Waals surface area contributed by atoms with E-state index >= 15 is 0 Å². The minimum atomic E-state index is -0.802. The average molecular weight is 569 g/mol. The van der Waals surface area contributed by atoms with Crippen LogP contribution in [0, 0.1) is 6.92 Å². The van der Waals surface area contributed by atoms with Gasteiger partial charge in [0.1, 0.15) is 12.4 Å². The van der Waals surface area contributed by atoms with Crippen molar-refractivity contribution < 1.29 is 24.4 Å². The van der Waals surface area contributed by atoms with E-state index in [2.05, 4.69) is 20.9 Å². The van der Waals surface area contributed by atoms with Crippen molar-refractivity contribution in [3.8, 4) is 5.75 Å². The van der Waals surface area contributed by atoms with Gasteiger partial charge in [0.05, 0.1) is 12.6 Å². The number of nitrogens with one attached hydrogen (secondary N) is 1. The van der Waals surface area contributed by atoms with Crippen molar-refractivity contribution in [1.29, 1.82) is 0 Å². The normalized spacial score (nSPS) is 16.6. The van der Waals surface area contributed by atoms with Crippen LogP contribution in [0.4, 0.5) is 0 Å². The largest absolute Gasteiger partial charge is 0.872 e. The van der Waals surface area contributed by atoms with Crippen molar-refractivity contribution in [2.45, 2.75) is 26.1 Å². The second-order valence-corrected chi connectivity index (χ2v) is 10.0. The van der Waals surface area contributed by atoms with Gasteiger partial charge in [-0.3, -0.25) is 9.59 Å². The number of aromatic amines is 1. The van der Waals surface area contributed by atoms with Crippen LogP contribution in [0.5, 0.6) is 5.75 Å². The van der Waals surface area contributed by atoms with E-state index in [1.807, 2.05) is 66.7 Å². The number of halogens is 1. The molecule has 1 saturated heterocycles. The van der Waals surface area contributed by atoms with E-state index in [1.54, 1.807) is 37.5 Å². The summed E-state index contributed by atoms with van der Waals surface area (Å²) in [7, 11) is 0. The Kier molecular flexibility index (Phi) is 7.38. The molecule has 1 aromatic heterocycles. The number of carbonyl (C=O) groups excluding carboxylic acids is 2. The molecule has 0 aliphatic carbocycles. The van der Waals surface area contributed by atoms with Gasteiger partial charge < -0.3 is 14.7 Å². The van der Waals surface area contributed by atoms with Gasteiger partial charge in [-0.05, 0) is 59.5 Å². The Morgan fingerprint density at radius 3 is 2.39 bits per heavy atom. The van der Waals surface area contributed by atoms with Gasteiger partial charge in [-0.2, -0.15) is 0 Å². The first-order chi connectivity index (χ1) is 18.4. The summed E-state index contributed by atoms with van der Waals surface area (Å²) >= 11 is 3.43. The highest BCUT2D eigenvalue weighted by Crippen LogP contribution is 2.40. The van der Waals surface area contributed by atoms with Crippen LogP contribution >= 0.6 is 15.9 Å². The summed E-state index contributed by atoms with van der Waals surface area (Å²) in [5.74, 6) is -1.30. The van der Waals surface area contributed by atoms with Gasteiger partial charge in [-0.1, -0.05) is 70.2 Å². The Morgan fingerprint density at radius 1 is 0.974 bits per heavy atom. The van der Waals surface area contributed by atoms with E-state index in [4.69, 9.17) is 4.74 Å². The summed E-state index contributed by atoms with van der Waals surface area (Å²) in [4.78, 5) is 31.0. The van der Waals surface area contributed by atoms with E-state index in [0.717, 1.165) is 15.6 Å². The van der Waals surface area contributed by atoms with Crippen LogP contribution < -0.4 is 14.8 Å². The summed E-state index contributed by atoms with van der Waals surface area (Å²) in [6.45, 7) is 2.39. The Balaban J connectivity index is 1.52. The molecule has 2 heterocycles. The molecule has 3 aromatic carbocycles. The number of H-pyrrole nitrogens is 1. The van der Waals surface area contributed by atoms with E-state index in [0.29, 0.717) is 29.0 Å². The molecule has 6 nitrogen and oxygen atoms in total. The quantitative estimate of drug-likeness (QED) is 0.186. The fourth-order valence-electron chi connectivity index (χ4n) is 4.62. The molecule has 0 radical (unpaired) electrons. The van der Waals surface area contributed by atoms with Gasteiger partial charge in [-0.25, -0.2) is 4.98 Å². The summed E-state index contributed by atoms with van der Waals surface area (Å²) in [6.07, 6.45) is 3.54. The number of hydrogen-bond acceptors (Lipinski definition) is 4. The number of carbonyl (C=O) groups is 2. The maximum absolute atomic E-state index is 13.9. The molecule has 7 heteroatoms. The molecule has 1 aliphatic heterocycles. The summed E-state index contributed by atoms with van der Waals surface area (Å²) in [6, 6.07) is 25.2. The minimum Gasteiger partial charge on any atom is -0.872 e. The lowest BCUT2D eigenvalue weighted by atomic mass is 9.94. The summed E-state index contributed by atoms with van der Waals surface area (Å²) in [5.41, 5.74) is 3.53. The van der Waals surface area contributed by atoms with Crippen LogP contribution in [0.15, 0.2) is 107 Å². The smallest absolute Gasteiger partial charge is 0.295 e. The Labute approximate surface area is 229 Å². The number of amides is 1. The third-order valence-electron chi connectivity index (χ3n) is 6.53. The number of ketones is 1. The molecule has 1 amide bonds. The van der Waals surface area contributed by atoms with E-state index in [1.165, 1.54) is 4.90 Å². The number of pyridine rings is 1. The zero-order valence-corrected chi connectivity index (χ0v) is 22.3. The molecule has 190 valence electrons. The Hall–Kier alpha value is -4.23. The number of aryl methyl sites for hydroxylation is 1. The van der Waals surface area contributed by atoms with E-state index in [9.17, 15) is 14.7 Å². The standard InChI is InChI=1S/C31H25BrN2O4/c1-20-16-25(38-19-21-6-3-2-4-7-21)13-14-26(20)29(35)27-28(23-9-11-24(32)12-10-23)34(31(37)30(27)36)18-22-8-5-15-33-17-22/h2-17,28,35H,18-19H2,1H3/b29-27+. The molecule has 1 fully saturated rings. The average Bonchev–Trinajstić information content (AvgIpc) is 3.18. The second kappa shape index (κ2) is 11.0. The van der Waals surface area contributed by atoms with Gasteiger partial charge in [-0.15, -0.1) is 0 Å². The molecule has 4 aromatic rings. The third kappa shape index (κ3) is 5.24. The Bertz CT molecular complexity index is 1500. The third-order valence-corrected chi connectivity index (χ3v) is 7.06. The van der Waals surface area contributed by atoms with Crippen molar-refractivity contribution >= 4 is 33.4 Å². The van der Waals surface area contributed by atoms with Crippen LogP contribution in [0.2, 0.25) is 0 Å². The van der Waals surface area contributed by atoms with Crippen molar-refractivity contribution in [2.24, 2.45) is 0 Å². The highest BCUT2D eigenvalue weighted by Gasteiger charge is 2.44. The predicted molar refractivity (Wildman–Crippen MR) is 144 cm³/mol. The van der Waals surface area contributed by atoms with Crippen LogP contribution in [-0.4, -0.2) is 16.6 Å². The molecular weight excluding hydrogens is 544 g/mol. The minimum absolute atomic E-state index is 0.0433. The molecule has 1 atom stereocenters. The highest BCUT2D eigenvalue weighted by molar-refractivity contribution is 9.10. The molecule has 0 bridgehead atoms. The lowest BCUT2D eigenvalue weighted by Gasteiger charge is -2.28. The molecule has 1 unspecified atom stereocenters. The lowest BCUT2D eigenvalue weighted by molar-refractivity contribution is -0.378. The van der Waals surface area contributed by atoms with Gasteiger partial charge in [0.2, 0.25) is 5.78 Å². The predicted octanol–water partition coefficient (Wildman–Crippen LogP) is 4.57. The maximum Gasteiger partial charge on any atom is 0.295 e. The van der Waals surface area contributed by atoms with Gasteiger partial charge in [0.25, 0.3) is 5.91 Å². The summed E-state index contributed by atoms with van der Waals surface area (Å²) in [5, 5.41) is 13.9. The molecule has 1 N–H and O–H groups in total. The summed E-state index contributed by atoms with van der Waals surface area (Å²) < 4.78 is 6.76. The van der Waals surface area contributed by atoms with Crippen molar-refractivity contribution in [1.82, 2.24) is 4.90 Å². The van der Waals surface area contributed by atoms with E-state index < -0.39 is 23.5 Å². The number of benzene rings is 3. The lowest BCUT2D eigenvalue weighted by Crippen LogP contribution is -2.29. The fraction of sp³-hybridized carbons (Fsp3) is 0.129. The van der Waals surface area contributed by atoms with Gasteiger partial charge >= 0.3 is 0 Å². The topological polar surface area (TPSA) is 83.8 Å². The maximum atomic E-state index is 13.9. The molecule has 38 heavy (non-hydrogen) atoms. The SMILES string of the molecule is Cc1cc(OCc2ccccc2)ccc1/C([O-])=C1\C(=O)C(=O)N(Cc2ccc[nH+]c2)C1c1ccc(Br)cc1. The Morgan fingerprint density at radius 2 is 1.71 bits per heavy atom. The first-order valence-corrected chi connectivity index (χ1v) is 13.0. The zero-order valence-electron chi connectivity index (χ0n) is 20.7. The van der Waals surface area contributed by atoms with Crippen molar-refractivity contribution in [3.63, 3.8) is 0 Å². The number of nitrogens with zero attached hydrogens (tertiary/aromatic N) is 1. The van der Waals surface area contributed by atoms with Crippen molar-refractivity contribution in [2.75, 3.05) is 0 Å². The first kappa shape index (κ1) is 25.4.